The lowest BCUT2D eigenvalue weighted by molar-refractivity contribution is -0.142. The number of ketones is 3. The number of nitrogens with one attached hydrogen (secondary N) is 2. The van der Waals surface area contributed by atoms with E-state index in [0.717, 1.165) is 86.4 Å². The molecule has 540 valence electrons. The van der Waals surface area contributed by atoms with E-state index in [1.54, 1.807) is 87.5 Å². The van der Waals surface area contributed by atoms with Crippen molar-refractivity contribution in [2.24, 2.45) is 11.5 Å². The van der Waals surface area contributed by atoms with Crippen molar-refractivity contribution in [1.82, 2.24) is 20.4 Å². The zero-order chi connectivity index (χ0) is 73.0. The highest BCUT2D eigenvalue weighted by molar-refractivity contribution is 7.23. The molecule has 2 aliphatic rings. The number of piperidine rings is 2. The molecular weight excluding hydrogens is 1340 g/mol. The molecule has 8 aromatic rings. The van der Waals surface area contributed by atoms with Crippen LogP contribution in [0.25, 0.3) is 41.1 Å². The first-order valence-corrected chi connectivity index (χ1v) is 39.0. The van der Waals surface area contributed by atoms with Gasteiger partial charge in [0.1, 0.15) is 59.4 Å². The summed E-state index contributed by atoms with van der Waals surface area (Å²) in [5, 5.41) is 26.7. The van der Waals surface area contributed by atoms with Gasteiger partial charge in [-0.2, -0.15) is 0 Å². The first-order valence-electron chi connectivity index (χ1n) is 34.5. The summed E-state index contributed by atoms with van der Waals surface area (Å²) < 4.78 is 35.0. The number of likely N-dealkylation sites (tertiary alicyclic amines) is 2. The number of fused-ring (bicyclic) bond motifs is 2. The largest absolute Gasteiger partial charge is 0.544 e. The second-order valence-electron chi connectivity index (χ2n) is 27.7. The van der Waals surface area contributed by atoms with Gasteiger partial charge in [0.25, 0.3) is 0 Å². The van der Waals surface area contributed by atoms with Crippen LogP contribution in [0.5, 0.6) is 34.5 Å². The molecule has 8 N–H and O–H groups in total. The summed E-state index contributed by atoms with van der Waals surface area (Å²) in [6, 6.07) is 38.3. The Labute approximate surface area is 601 Å². The monoisotopic (exact) mass is 1430 g/mol. The summed E-state index contributed by atoms with van der Waals surface area (Å²) in [6.45, 7) is 26.0. The van der Waals surface area contributed by atoms with Crippen LogP contribution in [0.15, 0.2) is 133 Å². The van der Waals surface area contributed by atoms with E-state index in [-0.39, 0.29) is 52.7 Å². The zero-order valence-corrected chi connectivity index (χ0v) is 62.4. The number of esters is 1. The highest BCUT2D eigenvalue weighted by Gasteiger charge is 2.39. The summed E-state index contributed by atoms with van der Waals surface area (Å²) in [4.78, 5) is 80.9. The minimum absolute atomic E-state index is 0.0431. The van der Waals surface area contributed by atoms with Gasteiger partial charge in [0.05, 0.1) is 13.2 Å². The number of phenols is 2. The van der Waals surface area contributed by atoms with E-state index in [0.29, 0.717) is 59.4 Å². The molecule has 4 heterocycles. The molecular formula is C78H98N6O14S2Si. The first-order chi connectivity index (χ1) is 48.1. The van der Waals surface area contributed by atoms with Crippen LogP contribution in [0.2, 0.25) is 18.1 Å². The smallest absolute Gasteiger partial charge is 0.413 e. The maximum absolute atomic E-state index is 14.0. The van der Waals surface area contributed by atoms with E-state index >= 15 is 0 Å². The molecule has 2 amide bonds. The molecule has 101 heavy (non-hydrogen) atoms. The molecule has 2 saturated heterocycles. The van der Waals surface area contributed by atoms with Crippen molar-refractivity contribution >= 4 is 86.7 Å². The lowest BCUT2D eigenvalue weighted by atomic mass is 9.97. The van der Waals surface area contributed by atoms with Gasteiger partial charge in [-0.05, 0) is 262 Å². The van der Waals surface area contributed by atoms with E-state index in [1.165, 1.54) is 75.2 Å². The molecule has 2 atom stereocenters. The topological polar surface area (TPSA) is 281 Å². The second-order valence-corrected chi connectivity index (χ2v) is 34.5. The first kappa shape index (κ1) is 78.0. The number of nitrogens with zero attached hydrogens (tertiary/aromatic N) is 2. The second kappa shape index (κ2) is 36.3. The molecule has 20 nitrogen and oxygen atoms in total. The average molecular weight is 1440 g/mol. The Morgan fingerprint density at radius 2 is 1.04 bits per heavy atom. The predicted octanol–water partition coefficient (Wildman–Crippen LogP) is 14.9. The van der Waals surface area contributed by atoms with Crippen molar-refractivity contribution in [3.63, 3.8) is 0 Å². The number of ether oxygens (including phenoxy) is 5. The van der Waals surface area contributed by atoms with Crippen LogP contribution >= 0.6 is 22.7 Å². The van der Waals surface area contributed by atoms with Crippen LogP contribution < -0.4 is 40.7 Å². The van der Waals surface area contributed by atoms with Crippen LogP contribution in [0.1, 0.15) is 132 Å². The zero-order valence-electron chi connectivity index (χ0n) is 59.7. The fraction of sp³-hybridized carbons (Fsp3) is 0.410. The van der Waals surface area contributed by atoms with Crippen molar-refractivity contribution in [2.45, 2.75) is 136 Å². The maximum Gasteiger partial charge on any atom is 0.413 e. The Morgan fingerprint density at radius 1 is 0.584 bits per heavy atom. The van der Waals surface area contributed by atoms with Crippen molar-refractivity contribution < 1.29 is 67.1 Å². The third-order valence-corrected chi connectivity index (χ3v) is 24.5. The summed E-state index contributed by atoms with van der Waals surface area (Å²) in [6.07, 6.45) is 6.97. The van der Waals surface area contributed by atoms with Gasteiger partial charge in [0.15, 0.2) is 17.3 Å². The lowest BCUT2D eigenvalue weighted by Gasteiger charge is -2.36. The summed E-state index contributed by atoms with van der Waals surface area (Å²) >= 11 is 2.91. The van der Waals surface area contributed by atoms with Gasteiger partial charge >= 0.3 is 18.2 Å². The fourth-order valence-corrected chi connectivity index (χ4v) is 14.7. The summed E-state index contributed by atoms with van der Waals surface area (Å²) in [7, 11) is -0.695. The number of thiophene rings is 2. The van der Waals surface area contributed by atoms with Crippen LogP contribution in [0, 0.1) is 0 Å². The van der Waals surface area contributed by atoms with Crippen molar-refractivity contribution in [3.05, 3.63) is 156 Å². The summed E-state index contributed by atoms with van der Waals surface area (Å²) in [5.41, 5.74) is 14.5. The predicted molar refractivity (Wildman–Crippen MR) is 403 cm³/mol. The van der Waals surface area contributed by atoms with Crippen molar-refractivity contribution in [2.75, 3.05) is 72.7 Å². The van der Waals surface area contributed by atoms with Gasteiger partial charge < -0.3 is 60.4 Å². The minimum Gasteiger partial charge on any atom is -0.544 e. The molecule has 2 unspecified atom stereocenters. The number of carbonyl (C=O) groups excluding carboxylic acids is 6. The van der Waals surface area contributed by atoms with E-state index in [2.05, 4.69) is 59.0 Å². The van der Waals surface area contributed by atoms with E-state index < -0.39 is 44.2 Å². The van der Waals surface area contributed by atoms with E-state index in [4.69, 9.17) is 34.8 Å². The third-order valence-electron chi connectivity index (χ3n) is 17.8. The standard InChI is InChI=1S/C34H37N3O6S.C34H41NO4SSi.C10H20N2O4/c1-22(38)29(15-16-35)36-34(41)43-27-13-14-28-30(21-27)44-33(24-5-9-25(39)10-6-24)31(28)32(40)23-7-11-26(12-8-23)42-20-19-37-17-3-2-4-18-37;1-34(2,3)41(4,5)39-28-16-11-25(12-17-28)33-31(29-18-13-26(36)23-30(29)40-33)32(37)24-9-14-27(15-10-24)38-22-21-35-19-7-6-8-20-35;1-10(2,3)16-9(14)12-6-5-7(11)8(13)15-4/h5-14,21,29,39H,2-4,15-20,35H2,1H3,(H,36,41);9-18,23,36H,6-8,19-22H2,1-5H3;7H,5-6,11H2,1-4H3,(H,12,14). The SMILES string of the molecule is CC(=O)C(CCN)NC(=O)Oc1ccc2c(C(=O)c3ccc(OCCN4CCCCC4)cc3)c(-c3ccc(O)cc3)sc2c1.CC(C)(C)[Si](C)(C)Oc1ccc(-c2sc3cc(O)ccc3c2C(=O)c2ccc(OCCN3CCCCC3)cc2)cc1.COC(=O)C(N)CCNC(=O)OC(C)(C)C. The molecule has 0 saturated carbocycles. The number of hydrogen-bond acceptors (Lipinski definition) is 20. The number of methoxy groups -OCH3 is 1. The molecule has 0 aliphatic carbocycles. The number of rotatable bonds is 25. The number of aromatic hydroxyl groups is 2. The van der Waals surface area contributed by atoms with Crippen LogP contribution in [0.3, 0.4) is 0 Å². The van der Waals surface area contributed by atoms with Gasteiger partial charge in [-0.15, -0.1) is 22.7 Å². The molecule has 2 fully saturated rings. The number of phenolic OH excluding ortho intramolecular Hbond substituents is 2. The Balaban J connectivity index is 0.000000212. The number of benzene rings is 6. The number of carbonyl (C=O) groups is 6. The summed E-state index contributed by atoms with van der Waals surface area (Å²) in [5.74, 6) is 2.02. The Hall–Kier alpha value is -8.68. The molecule has 0 spiro atoms. The lowest BCUT2D eigenvalue weighted by Crippen LogP contribution is -2.43. The van der Waals surface area contributed by atoms with E-state index in [1.807, 2.05) is 66.7 Å². The third kappa shape index (κ3) is 22.7. The molecule has 2 aromatic heterocycles. The van der Waals surface area contributed by atoms with Gasteiger partial charge in [0.2, 0.25) is 8.32 Å². The van der Waals surface area contributed by atoms with Crippen molar-refractivity contribution in [1.29, 1.82) is 0 Å². The van der Waals surface area contributed by atoms with Gasteiger partial charge in [-0.25, -0.2) is 9.59 Å². The van der Waals surface area contributed by atoms with Crippen LogP contribution in [-0.2, 0) is 19.1 Å². The highest BCUT2D eigenvalue weighted by Crippen LogP contribution is 2.44. The molecule has 6 aromatic carbocycles. The van der Waals surface area contributed by atoms with E-state index in [9.17, 15) is 39.0 Å². The maximum atomic E-state index is 14.0. The molecule has 2 aliphatic heterocycles. The number of Topliss-reactive ketones (excluding diaryl/α,β-unsaturated/α-hetero) is 1. The highest BCUT2D eigenvalue weighted by atomic mass is 32.1. The molecule has 0 bridgehead atoms. The van der Waals surface area contributed by atoms with Gasteiger partial charge in [0, 0.05) is 71.8 Å². The number of nitrogens with two attached hydrogens (primary N) is 2. The van der Waals surface area contributed by atoms with Crippen molar-refractivity contribution in [3.8, 4) is 55.4 Å². The normalized spacial score (nSPS) is 14.2. The van der Waals surface area contributed by atoms with Gasteiger partial charge in [-0.1, -0.05) is 33.6 Å². The van der Waals surface area contributed by atoms with Crippen LogP contribution in [-0.4, -0.2) is 154 Å². The van der Waals surface area contributed by atoms with Crippen LogP contribution in [0.4, 0.5) is 9.59 Å². The molecule has 10 rings (SSSR count). The number of hydrogen-bond donors (Lipinski definition) is 6. The average Bonchev–Trinajstić information content (AvgIpc) is 1.63. The minimum atomic E-state index is -1.96. The Bertz CT molecular complexity index is 4080. The fourth-order valence-electron chi connectivity index (χ4n) is 11.2. The number of alkyl carbamates (subject to hydrolysis) is 1. The quantitative estimate of drug-likeness (QED) is 0.0176. The number of amides is 2. The molecule has 23 heteroatoms. The van der Waals surface area contributed by atoms with Gasteiger partial charge in [-0.3, -0.25) is 29.0 Å². The Morgan fingerprint density at radius 3 is 1.50 bits per heavy atom. The Kier molecular flexibility index (Phi) is 28.0. The molecule has 0 radical (unpaired) electrons.